The van der Waals surface area contributed by atoms with Crippen LogP contribution in [-0.2, 0) is 4.79 Å². The van der Waals surface area contributed by atoms with Crippen LogP contribution < -0.4 is 15.4 Å². The summed E-state index contributed by atoms with van der Waals surface area (Å²) in [5.74, 6) is 1.60. The van der Waals surface area contributed by atoms with Gasteiger partial charge in [0.1, 0.15) is 5.75 Å². The van der Waals surface area contributed by atoms with E-state index in [0.29, 0.717) is 12.3 Å². The van der Waals surface area contributed by atoms with Crippen LogP contribution in [0.4, 0.5) is 5.69 Å². The van der Waals surface area contributed by atoms with E-state index in [0.717, 1.165) is 30.9 Å². The third kappa shape index (κ3) is 5.39. The van der Waals surface area contributed by atoms with Crippen LogP contribution in [-0.4, -0.2) is 26.1 Å². The second-order valence-electron chi connectivity index (χ2n) is 5.01. The van der Waals surface area contributed by atoms with Gasteiger partial charge in [-0.3, -0.25) is 4.79 Å². The molecule has 0 aromatic heterocycles. The third-order valence-corrected chi connectivity index (χ3v) is 3.61. The molecule has 1 aliphatic heterocycles. The predicted molar refractivity (Wildman–Crippen MR) is 83.7 cm³/mol. The number of carbonyl (C=O) groups is 1. The number of anilines is 1. The number of rotatable bonds is 5. The smallest absolute Gasteiger partial charge is 0.224 e. The number of hydrogen-bond acceptors (Lipinski definition) is 3. The van der Waals surface area contributed by atoms with Crippen LogP contribution in [0, 0.1) is 5.92 Å². The largest absolute Gasteiger partial charge is 0.497 e. The van der Waals surface area contributed by atoms with E-state index in [1.165, 1.54) is 12.8 Å². The Morgan fingerprint density at radius 1 is 1.30 bits per heavy atom. The number of piperidine rings is 1. The summed E-state index contributed by atoms with van der Waals surface area (Å²) in [7, 11) is 1.63. The maximum Gasteiger partial charge on any atom is 0.224 e. The van der Waals surface area contributed by atoms with Crippen molar-refractivity contribution in [2.45, 2.75) is 25.7 Å². The van der Waals surface area contributed by atoms with E-state index in [9.17, 15) is 4.79 Å². The summed E-state index contributed by atoms with van der Waals surface area (Å²) in [5, 5.41) is 6.26. The van der Waals surface area contributed by atoms with Crippen LogP contribution >= 0.6 is 12.4 Å². The third-order valence-electron chi connectivity index (χ3n) is 3.61. The Bertz CT molecular complexity index is 403. The zero-order valence-electron chi connectivity index (χ0n) is 11.9. The van der Waals surface area contributed by atoms with Crippen LogP contribution in [0.5, 0.6) is 5.75 Å². The molecule has 0 saturated carbocycles. The quantitative estimate of drug-likeness (QED) is 0.879. The Labute approximate surface area is 126 Å². The van der Waals surface area contributed by atoms with Gasteiger partial charge in [0.2, 0.25) is 5.91 Å². The lowest BCUT2D eigenvalue weighted by Gasteiger charge is -2.22. The molecule has 1 saturated heterocycles. The summed E-state index contributed by atoms with van der Waals surface area (Å²) < 4.78 is 5.08. The first-order valence-corrected chi connectivity index (χ1v) is 6.92. The lowest BCUT2D eigenvalue weighted by molar-refractivity contribution is -0.116. The zero-order valence-corrected chi connectivity index (χ0v) is 12.7. The van der Waals surface area contributed by atoms with Crippen LogP contribution in [0.1, 0.15) is 25.7 Å². The molecule has 0 radical (unpaired) electrons. The highest BCUT2D eigenvalue weighted by Gasteiger charge is 2.14. The minimum Gasteiger partial charge on any atom is -0.497 e. The second-order valence-corrected chi connectivity index (χ2v) is 5.01. The summed E-state index contributed by atoms with van der Waals surface area (Å²) in [4.78, 5) is 11.9. The van der Waals surface area contributed by atoms with Gasteiger partial charge in [0.25, 0.3) is 0 Å². The Balaban J connectivity index is 0.00000200. The Morgan fingerprint density at radius 3 is 2.55 bits per heavy atom. The van der Waals surface area contributed by atoms with Crippen LogP contribution in [0.3, 0.4) is 0 Å². The van der Waals surface area contributed by atoms with Crippen molar-refractivity contribution < 1.29 is 9.53 Å². The van der Waals surface area contributed by atoms with Gasteiger partial charge in [0, 0.05) is 12.1 Å². The first-order chi connectivity index (χ1) is 9.28. The summed E-state index contributed by atoms with van der Waals surface area (Å²) >= 11 is 0. The molecular formula is C15H23ClN2O2. The number of hydrogen-bond donors (Lipinski definition) is 2. The number of amides is 1. The number of methoxy groups -OCH3 is 1. The van der Waals surface area contributed by atoms with Crippen molar-refractivity contribution in [1.82, 2.24) is 5.32 Å². The topological polar surface area (TPSA) is 50.4 Å². The van der Waals surface area contributed by atoms with Gasteiger partial charge in [-0.15, -0.1) is 12.4 Å². The van der Waals surface area contributed by atoms with Crippen molar-refractivity contribution in [2.24, 2.45) is 5.92 Å². The van der Waals surface area contributed by atoms with Crippen molar-refractivity contribution in [1.29, 1.82) is 0 Å². The Morgan fingerprint density at radius 2 is 1.95 bits per heavy atom. The second kappa shape index (κ2) is 8.82. The Kier molecular flexibility index (Phi) is 7.41. The molecule has 1 heterocycles. The van der Waals surface area contributed by atoms with Gasteiger partial charge in [-0.25, -0.2) is 0 Å². The highest BCUT2D eigenvalue weighted by atomic mass is 35.5. The molecule has 1 aliphatic rings. The van der Waals surface area contributed by atoms with Gasteiger partial charge in [-0.05, 0) is 62.5 Å². The molecule has 2 rings (SSSR count). The molecule has 0 atom stereocenters. The van der Waals surface area contributed by atoms with E-state index in [-0.39, 0.29) is 18.3 Å². The molecule has 20 heavy (non-hydrogen) atoms. The molecule has 112 valence electrons. The fourth-order valence-electron chi connectivity index (χ4n) is 2.40. The summed E-state index contributed by atoms with van der Waals surface area (Å²) in [6, 6.07) is 7.42. The van der Waals surface area contributed by atoms with E-state index >= 15 is 0 Å². The number of halogens is 1. The average molecular weight is 299 g/mol. The van der Waals surface area contributed by atoms with Crippen molar-refractivity contribution in [3.63, 3.8) is 0 Å². The first-order valence-electron chi connectivity index (χ1n) is 6.92. The molecule has 1 amide bonds. The SMILES string of the molecule is COc1ccc(NC(=O)CCC2CCNCC2)cc1.Cl. The molecule has 2 N–H and O–H groups in total. The maximum atomic E-state index is 11.9. The van der Waals surface area contributed by atoms with Gasteiger partial charge in [-0.2, -0.15) is 0 Å². The standard InChI is InChI=1S/C15H22N2O2.ClH/c1-19-14-5-3-13(4-6-14)17-15(18)7-2-12-8-10-16-11-9-12;/h3-6,12,16H,2,7-11H2,1H3,(H,17,18);1H. The van der Waals surface area contributed by atoms with Crippen LogP contribution in [0.15, 0.2) is 24.3 Å². The molecule has 4 nitrogen and oxygen atoms in total. The van der Waals surface area contributed by atoms with E-state index in [1.54, 1.807) is 7.11 Å². The fourth-order valence-corrected chi connectivity index (χ4v) is 2.40. The Hall–Kier alpha value is -1.26. The molecule has 0 spiro atoms. The van der Waals surface area contributed by atoms with Gasteiger partial charge in [-0.1, -0.05) is 0 Å². The predicted octanol–water partition coefficient (Wildman–Crippen LogP) is 2.84. The van der Waals surface area contributed by atoms with E-state index in [2.05, 4.69) is 10.6 Å². The minimum atomic E-state index is 0. The van der Waals surface area contributed by atoms with E-state index < -0.39 is 0 Å². The van der Waals surface area contributed by atoms with Crippen molar-refractivity contribution in [2.75, 3.05) is 25.5 Å². The minimum absolute atomic E-state index is 0. The molecule has 0 aliphatic carbocycles. The summed E-state index contributed by atoms with van der Waals surface area (Å²) in [5.41, 5.74) is 0.830. The van der Waals surface area contributed by atoms with Gasteiger partial charge in [0.15, 0.2) is 0 Å². The van der Waals surface area contributed by atoms with E-state index in [1.807, 2.05) is 24.3 Å². The van der Waals surface area contributed by atoms with Crippen molar-refractivity contribution >= 4 is 24.0 Å². The fraction of sp³-hybridized carbons (Fsp3) is 0.533. The molecule has 1 aromatic rings. The zero-order chi connectivity index (χ0) is 13.5. The number of carbonyl (C=O) groups excluding carboxylic acids is 1. The van der Waals surface area contributed by atoms with Crippen molar-refractivity contribution in [3.05, 3.63) is 24.3 Å². The highest BCUT2D eigenvalue weighted by Crippen LogP contribution is 2.19. The van der Waals surface area contributed by atoms with Gasteiger partial charge < -0.3 is 15.4 Å². The summed E-state index contributed by atoms with van der Waals surface area (Å²) in [6.45, 7) is 2.18. The van der Waals surface area contributed by atoms with E-state index in [4.69, 9.17) is 4.74 Å². The highest BCUT2D eigenvalue weighted by molar-refractivity contribution is 5.90. The number of nitrogens with one attached hydrogen (secondary N) is 2. The number of ether oxygens (including phenoxy) is 1. The number of benzene rings is 1. The molecular weight excluding hydrogens is 276 g/mol. The molecule has 1 fully saturated rings. The lowest BCUT2D eigenvalue weighted by atomic mass is 9.93. The molecule has 5 heteroatoms. The first kappa shape index (κ1) is 16.8. The maximum absolute atomic E-state index is 11.9. The lowest BCUT2D eigenvalue weighted by Crippen LogP contribution is -2.28. The monoisotopic (exact) mass is 298 g/mol. The van der Waals surface area contributed by atoms with Crippen molar-refractivity contribution in [3.8, 4) is 5.75 Å². The van der Waals surface area contributed by atoms with Crippen LogP contribution in [0.25, 0.3) is 0 Å². The molecule has 0 unspecified atom stereocenters. The normalized spacial score (nSPS) is 15.2. The van der Waals surface area contributed by atoms with Gasteiger partial charge in [0.05, 0.1) is 7.11 Å². The molecule has 1 aromatic carbocycles. The summed E-state index contributed by atoms with van der Waals surface area (Å²) in [6.07, 6.45) is 3.98. The van der Waals surface area contributed by atoms with Gasteiger partial charge >= 0.3 is 0 Å². The molecule has 0 bridgehead atoms. The van der Waals surface area contributed by atoms with Crippen LogP contribution in [0.2, 0.25) is 0 Å². The average Bonchev–Trinajstić information content (AvgIpc) is 2.47.